The van der Waals surface area contributed by atoms with Crippen molar-refractivity contribution in [3.05, 3.63) is 47.8 Å². The third-order valence-electron chi connectivity index (χ3n) is 5.07. The number of anilines is 2. The summed E-state index contributed by atoms with van der Waals surface area (Å²) in [4.78, 5) is 27.3. The molecule has 30 heavy (non-hydrogen) atoms. The maximum atomic E-state index is 13.7. The molecule has 2 aromatic carbocycles. The van der Waals surface area contributed by atoms with E-state index < -0.39 is 27.0 Å². The van der Waals surface area contributed by atoms with E-state index in [2.05, 4.69) is 10.0 Å². The maximum absolute atomic E-state index is 13.7. The molecule has 2 heterocycles. The average molecular weight is 450 g/mol. The van der Waals surface area contributed by atoms with Crippen LogP contribution in [0.3, 0.4) is 0 Å². The predicted octanol–water partition coefficient (Wildman–Crippen LogP) is 2.97. The number of halogens is 1. The van der Waals surface area contributed by atoms with Crippen molar-refractivity contribution >= 4 is 45.0 Å². The maximum Gasteiger partial charge on any atom is 0.261 e. The summed E-state index contributed by atoms with van der Waals surface area (Å²) in [5.74, 6) is -1.20. The number of rotatable bonds is 4. The van der Waals surface area contributed by atoms with Crippen molar-refractivity contribution in [2.24, 2.45) is 0 Å². The predicted molar refractivity (Wildman–Crippen MR) is 112 cm³/mol. The van der Waals surface area contributed by atoms with Crippen LogP contribution in [0.15, 0.2) is 46.2 Å². The Morgan fingerprint density at radius 1 is 1.20 bits per heavy atom. The van der Waals surface area contributed by atoms with Gasteiger partial charge in [-0.25, -0.2) is 12.8 Å². The lowest BCUT2D eigenvalue weighted by Crippen LogP contribution is -2.43. The van der Waals surface area contributed by atoms with Crippen molar-refractivity contribution in [2.45, 2.75) is 34.8 Å². The first-order valence-corrected chi connectivity index (χ1v) is 11.8. The number of nitrogens with zero attached hydrogens (tertiary/aromatic N) is 1. The van der Waals surface area contributed by atoms with E-state index in [0.29, 0.717) is 29.2 Å². The van der Waals surface area contributed by atoms with Crippen molar-refractivity contribution in [3.63, 3.8) is 0 Å². The molecular formula is C20H20FN3O4S2. The highest BCUT2D eigenvalue weighted by molar-refractivity contribution is 8.01. The minimum Gasteiger partial charge on any atom is -0.341 e. The van der Waals surface area contributed by atoms with Gasteiger partial charge in [0.15, 0.2) is 5.25 Å². The van der Waals surface area contributed by atoms with E-state index in [4.69, 9.17) is 0 Å². The Hall–Kier alpha value is -2.59. The third-order valence-corrected chi connectivity index (χ3v) is 7.71. The van der Waals surface area contributed by atoms with Crippen LogP contribution in [0.2, 0.25) is 0 Å². The second-order valence-corrected chi connectivity index (χ2v) is 10.1. The molecule has 1 atom stereocenters. The van der Waals surface area contributed by atoms with Crippen molar-refractivity contribution < 1.29 is 22.4 Å². The number of hydrogen-bond acceptors (Lipinski definition) is 5. The number of carbonyl (C=O) groups excluding carboxylic acids is 2. The van der Waals surface area contributed by atoms with Gasteiger partial charge in [0.2, 0.25) is 11.8 Å². The molecule has 7 nitrogen and oxygen atoms in total. The quantitative estimate of drug-likeness (QED) is 0.700. The normalized spacial score (nSPS) is 18.7. The largest absolute Gasteiger partial charge is 0.341 e. The summed E-state index contributed by atoms with van der Waals surface area (Å²) in [6, 6.07) is 8.36. The zero-order valence-electron chi connectivity index (χ0n) is 16.1. The van der Waals surface area contributed by atoms with Crippen molar-refractivity contribution in [3.8, 4) is 0 Å². The van der Waals surface area contributed by atoms with Crippen LogP contribution in [-0.2, 0) is 19.6 Å². The van der Waals surface area contributed by atoms with Crippen LogP contribution in [-0.4, -0.2) is 43.5 Å². The number of thioether (sulfide) groups is 1. The molecular weight excluding hydrogens is 429 g/mol. The molecule has 2 amide bonds. The number of aryl methyl sites for hydroxylation is 1. The summed E-state index contributed by atoms with van der Waals surface area (Å²) in [5.41, 5.74) is 0.837. The van der Waals surface area contributed by atoms with Gasteiger partial charge in [-0.3, -0.25) is 14.3 Å². The number of hydrogen-bond donors (Lipinski definition) is 2. The fourth-order valence-electron chi connectivity index (χ4n) is 3.39. The van der Waals surface area contributed by atoms with Crippen molar-refractivity contribution in [1.29, 1.82) is 0 Å². The highest BCUT2D eigenvalue weighted by Gasteiger charge is 2.37. The number of likely N-dealkylation sites (tertiary alicyclic amines) is 1. The monoisotopic (exact) mass is 449 g/mol. The van der Waals surface area contributed by atoms with Gasteiger partial charge in [-0.2, -0.15) is 0 Å². The Balaban J connectivity index is 1.55. The lowest BCUT2D eigenvalue weighted by atomic mass is 10.2. The molecule has 0 unspecified atom stereocenters. The first-order valence-electron chi connectivity index (χ1n) is 9.44. The number of nitrogens with one attached hydrogen (secondary N) is 2. The van der Waals surface area contributed by atoms with Crippen LogP contribution in [0.5, 0.6) is 0 Å². The molecule has 0 radical (unpaired) electrons. The second-order valence-electron chi connectivity index (χ2n) is 7.25. The van der Waals surface area contributed by atoms with Gasteiger partial charge in [0.25, 0.3) is 10.0 Å². The lowest BCUT2D eigenvalue weighted by molar-refractivity contribution is -0.133. The fourth-order valence-corrected chi connectivity index (χ4v) is 5.52. The van der Waals surface area contributed by atoms with E-state index in [-0.39, 0.29) is 16.5 Å². The molecule has 0 aliphatic carbocycles. The number of fused-ring (bicyclic) bond motifs is 1. The number of sulfonamides is 1. The zero-order chi connectivity index (χ0) is 21.5. The Bertz CT molecular complexity index is 1130. The lowest BCUT2D eigenvalue weighted by Gasteiger charge is -2.27. The highest BCUT2D eigenvalue weighted by atomic mass is 32.2. The summed E-state index contributed by atoms with van der Waals surface area (Å²) in [6.07, 6.45) is 1.86. The third kappa shape index (κ3) is 4.01. The molecule has 2 aliphatic rings. The zero-order valence-corrected chi connectivity index (χ0v) is 17.8. The number of benzene rings is 2. The molecule has 4 rings (SSSR count). The molecule has 1 fully saturated rings. The average Bonchev–Trinajstić information content (AvgIpc) is 3.24. The minimum atomic E-state index is -3.99. The van der Waals surface area contributed by atoms with Gasteiger partial charge in [-0.1, -0.05) is 6.07 Å². The summed E-state index contributed by atoms with van der Waals surface area (Å²) < 4.78 is 41.5. The number of amides is 2. The number of carbonyl (C=O) groups is 2. The van der Waals surface area contributed by atoms with E-state index in [1.165, 1.54) is 24.3 Å². The summed E-state index contributed by atoms with van der Waals surface area (Å²) in [5, 5.41) is 1.77. The molecule has 2 aromatic rings. The van der Waals surface area contributed by atoms with Gasteiger partial charge < -0.3 is 10.2 Å². The molecule has 1 saturated heterocycles. The Morgan fingerprint density at radius 2 is 1.93 bits per heavy atom. The Labute approximate surface area is 178 Å². The van der Waals surface area contributed by atoms with Crippen LogP contribution >= 0.6 is 11.8 Å². The highest BCUT2D eigenvalue weighted by Crippen LogP contribution is 2.38. The molecule has 0 spiro atoms. The molecule has 158 valence electrons. The van der Waals surface area contributed by atoms with Gasteiger partial charge in [0.1, 0.15) is 5.82 Å². The van der Waals surface area contributed by atoms with Crippen LogP contribution in [0.4, 0.5) is 15.8 Å². The van der Waals surface area contributed by atoms with Crippen LogP contribution in [0.25, 0.3) is 0 Å². The SMILES string of the molecule is Cc1ccc(NS(=O)(=O)c2ccc3c(c2)NC(=O)[C@H](C(=O)N2CCCC2)S3)cc1F. The van der Waals surface area contributed by atoms with E-state index in [0.717, 1.165) is 30.7 Å². The topological polar surface area (TPSA) is 95.6 Å². The van der Waals surface area contributed by atoms with Crippen LogP contribution < -0.4 is 10.0 Å². The van der Waals surface area contributed by atoms with Gasteiger partial charge in [0, 0.05) is 18.0 Å². The van der Waals surface area contributed by atoms with Gasteiger partial charge in [0.05, 0.1) is 16.3 Å². The summed E-state index contributed by atoms with van der Waals surface area (Å²) in [7, 11) is -3.99. The molecule has 0 saturated carbocycles. The van der Waals surface area contributed by atoms with E-state index in [9.17, 15) is 22.4 Å². The van der Waals surface area contributed by atoms with Gasteiger partial charge >= 0.3 is 0 Å². The van der Waals surface area contributed by atoms with E-state index >= 15 is 0 Å². The van der Waals surface area contributed by atoms with Crippen LogP contribution in [0.1, 0.15) is 18.4 Å². The molecule has 2 aliphatic heterocycles. The fraction of sp³-hybridized carbons (Fsp3) is 0.300. The van der Waals surface area contributed by atoms with Gasteiger partial charge in [-0.15, -0.1) is 11.8 Å². The molecule has 0 bridgehead atoms. The second kappa shape index (κ2) is 7.92. The smallest absolute Gasteiger partial charge is 0.261 e. The Kier molecular flexibility index (Phi) is 5.46. The molecule has 0 aromatic heterocycles. The minimum absolute atomic E-state index is 0.0764. The summed E-state index contributed by atoms with van der Waals surface area (Å²) >= 11 is 1.12. The van der Waals surface area contributed by atoms with Crippen molar-refractivity contribution in [1.82, 2.24) is 4.90 Å². The first kappa shape index (κ1) is 20.7. The molecule has 10 heteroatoms. The Morgan fingerprint density at radius 3 is 2.63 bits per heavy atom. The molecule has 2 N–H and O–H groups in total. The standard InChI is InChI=1S/C20H20FN3O4S2/c1-12-4-5-13(10-15(12)21)23-30(27,28)14-6-7-17-16(11-14)22-19(25)18(29-17)20(26)24-8-2-3-9-24/h4-7,10-11,18,23H,2-3,8-9H2,1H3,(H,22,25)/t18-/m1/s1. The van der Waals surface area contributed by atoms with Gasteiger partial charge in [-0.05, 0) is 55.7 Å². The van der Waals surface area contributed by atoms with E-state index in [1.807, 2.05) is 0 Å². The first-order chi connectivity index (χ1) is 14.2. The van der Waals surface area contributed by atoms with E-state index in [1.54, 1.807) is 17.9 Å². The van der Waals surface area contributed by atoms with Crippen LogP contribution in [0, 0.1) is 12.7 Å². The summed E-state index contributed by atoms with van der Waals surface area (Å²) in [6.45, 7) is 2.89. The van der Waals surface area contributed by atoms with Crippen molar-refractivity contribution in [2.75, 3.05) is 23.1 Å².